The van der Waals surface area contributed by atoms with Gasteiger partial charge in [0, 0.05) is 11.8 Å². The van der Waals surface area contributed by atoms with Gasteiger partial charge in [-0.25, -0.2) is 0 Å². The van der Waals surface area contributed by atoms with E-state index < -0.39 is 0 Å². The highest BCUT2D eigenvalue weighted by Crippen LogP contribution is 2.23. The number of rotatable bonds is 3. The molecule has 76 valence electrons. The maximum Gasteiger partial charge on any atom is 0.173 e. The Morgan fingerprint density at radius 3 is 2.60 bits per heavy atom. The van der Waals surface area contributed by atoms with Gasteiger partial charge >= 0.3 is 0 Å². The van der Waals surface area contributed by atoms with Crippen molar-refractivity contribution in [3.63, 3.8) is 0 Å². The average Bonchev–Trinajstić information content (AvgIpc) is 2.82. The van der Waals surface area contributed by atoms with Gasteiger partial charge in [-0.2, -0.15) is 0 Å². The average molecular weight is 282 g/mol. The summed E-state index contributed by atoms with van der Waals surface area (Å²) < 4.78 is 0. The Bertz CT molecular complexity index is 450. The van der Waals surface area contributed by atoms with E-state index in [0.29, 0.717) is 5.33 Å². The van der Waals surface area contributed by atoms with Crippen molar-refractivity contribution >= 4 is 33.0 Å². The summed E-state index contributed by atoms with van der Waals surface area (Å²) in [6.45, 7) is 0. The lowest BCUT2D eigenvalue weighted by Gasteiger charge is -1.99. The highest BCUT2D eigenvalue weighted by Gasteiger charge is 2.04. The van der Waals surface area contributed by atoms with Crippen molar-refractivity contribution in [1.29, 1.82) is 0 Å². The van der Waals surface area contributed by atoms with Crippen molar-refractivity contribution < 1.29 is 4.79 Å². The first-order valence-electron chi connectivity index (χ1n) is 4.39. The van der Waals surface area contributed by atoms with Crippen LogP contribution in [0.4, 0.5) is 0 Å². The van der Waals surface area contributed by atoms with Crippen LogP contribution in [0.5, 0.6) is 0 Å². The lowest BCUT2D eigenvalue weighted by atomic mass is 10.1. The van der Waals surface area contributed by atoms with Crippen LogP contribution in [0, 0.1) is 0 Å². The number of halogens is 1. The molecule has 0 amide bonds. The molecular formula is C11H8BrNOS. The number of hydrogen-bond acceptors (Lipinski definition) is 3. The van der Waals surface area contributed by atoms with E-state index in [-0.39, 0.29) is 5.78 Å². The number of carbonyl (C=O) groups excluding carboxylic acids is 1. The molecule has 0 aliphatic carbocycles. The van der Waals surface area contributed by atoms with Crippen LogP contribution in [0.2, 0.25) is 0 Å². The molecule has 0 atom stereocenters. The molecule has 1 aromatic carbocycles. The van der Waals surface area contributed by atoms with Crippen LogP contribution in [0.1, 0.15) is 10.4 Å². The second-order valence-electron chi connectivity index (χ2n) is 3.00. The van der Waals surface area contributed by atoms with Gasteiger partial charge in [-0.1, -0.05) is 40.2 Å². The molecule has 0 aliphatic heterocycles. The molecule has 0 aliphatic rings. The van der Waals surface area contributed by atoms with Gasteiger partial charge in [0.1, 0.15) is 0 Å². The van der Waals surface area contributed by atoms with Gasteiger partial charge in [0.15, 0.2) is 5.78 Å². The van der Waals surface area contributed by atoms with Gasteiger partial charge in [-0.15, -0.1) is 11.3 Å². The zero-order chi connectivity index (χ0) is 10.7. The van der Waals surface area contributed by atoms with E-state index in [1.807, 2.05) is 30.5 Å². The Morgan fingerprint density at radius 1 is 1.33 bits per heavy atom. The minimum absolute atomic E-state index is 0.103. The molecule has 0 fully saturated rings. The second kappa shape index (κ2) is 4.68. The molecule has 2 nitrogen and oxygen atoms in total. The first-order chi connectivity index (χ1) is 7.31. The van der Waals surface area contributed by atoms with Crippen LogP contribution in [0.3, 0.4) is 0 Å². The van der Waals surface area contributed by atoms with Crippen molar-refractivity contribution in [3.8, 4) is 10.4 Å². The summed E-state index contributed by atoms with van der Waals surface area (Å²) in [7, 11) is 0. The zero-order valence-corrected chi connectivity index (χ0v) is 10.2. The van der Waals surface area contributed by atoms with E-state index in [1.54, 1.807) is 16.8 Å². The van der Waals surface area contributed by atoms with Crippen LogP contribution < -0.4 is 0 Å². The number of alkyl halides is 1. The monoisotopic (exact) mass is 281 g/mol. The Hall–Kier alpha value is -1.00. The van der Waals surface area contributed by atoms with Crippen molar-refractivity contribution in [1.82, 2.24) is 4.98 Å². The predicted octanol–water partition coefficient (Wildman–Crippen LogP) is 3.39. The SMILES string of the molecule is O=C(CBr)c1ccc(-c2cncs2)cc1. The number of carbonyl (C=O) groups is 1. The minimum Gasteiger partial charge on any atom is -0.293 e. The molecule has 2 aromatic rings. The summed E-state index contributed by atoms with van der Waals surface area (Å²) >= 11 is 4.74. The van der Waals surface area contributed by atoms with Gasteiger partial charge in [0.25, 0.3) is 0 Å². The molecule has 0 spiro atoms. The largest absolute Gasteiger partial charge is 0.293 e. The van der Waals surface area contributed by atoms with Crippen LogP contribution in [-0.2, 0) is 0 Å². The molecule has 4 heteroatoms. The smallest absolute Gasteiger partial charge is 0.173 e. The van der Waals surface area contributed by atoms with Crippen LogP contribution in [0.25, 0.3) is 10.4 Å². The number of benzene rings is 1. The van der Waals surface area contributed by atoms with Crippen LogP contribution in [-0.4, -0.2) is 16.1 Å². The van der Waals surface area contributed by atoms with E-state index in [4.69, 9.17) is 0 Å². The number of ketones is 1. The topological polar surface area (TPSA) is 30.0 Å². The van der Waals surface area contributed by atoms with E-state index in [9.17, 15) is 4.79 Å². The summed E-state index contributed by atoms with van der Waals surface area (Å²) in [5.74, 6) is 0.103. The van der Waals surface area contributed by atoms with E-state index in [0.717, 1.165) is 16.0 Å². The second-order valence-corrected chi connectivity index (χ2v) is 4.45. The quantitative estimate of drug-likeness (QED) is 0.638. The maximum atomic E-state index is 11.4. The minimum atomic E-state index is 0.103. The number of Topliss-reactive ketones (excluding diaryl/α,β-unsaturated/α-hetero) is 1. The van der Waals surface area contributed by atoms with Gasteiger partial charge in [-0.05, 0) is 5.56 Å². The number of thiazole rings is 1. The Morgan fingerprint density at radius 2 is 2.07 bits per heavy atom. The molecule has 1 heterocycles. The molecule has 15 heavy (non-hydrogen) atoms. The Labute approximate surface area is 100 Å². The highest BCUT2D eigenvalue weighted by molar-refractivity contribution is 9.09. The van der Waals surface area contributed by atoms with E-state index in [2.05, 4.69) is 20.9 Å². The zero-order valence-electron chi connectivity index (χ0n) is 7.81. The first-order valence-corrected chi connectivity index (χ1v) is 6.39. The van der Waals surface area contributed by atoms with Crippen molar-refractivity contribution in [2.45, 2.75) is 0 Å². The Kier molecular flexibility index (Phi) is 3.28. The summed E-state index contributed by atoms with van der Waals surface area (Å²) in [6, 6.07) is 7.59. The molecule has 0 unspecified atom stereocenters. The van der Waals surface area contributed by atoms with Gasteiger partial charge in [0.05, 0.1) is 15.7 Å². The molecule has 0 bridgehead atoms. The fourth-order valence-electron chi connectivity index (χ4n) is 1.26. The third-order valence-corrected chi connectivity index (χ3v) is 3.38. The highest BCUT2D eigenvalue weighted by atomic mass is 79.9. The lowest BCUT2D eigenvalue weighted by molar-refractivity contribution is 0.102. The number of aromatic nitrogens is 1. The molecule has 0 saturated heterocycles. The number of hydrogen-bond donors (Lipinski definition) is 0. The van der Waals surface area contributed by atoms with E-state index in [1.165, 1.54) is 0 Å². The molecule has 0 radical (unpaired) electrons. The predicted molar refractivity (Wildman–Crippen MR) is 65.7 cm³/mol. The normalized spacial score (nSPS) is 10.2. The van der Waals surface area contributed by atoms with Crippen molar-refractivity contribution in [2.24, 2.45) is 0 Å². The summed E-state index contributed by atoms with van der Waals surface area (Å²) in [5.41, 5.74) is 3.64. The fourth-order valence-corrected chi connectivity index (χ4v) is 2.21. The lowest BCUT2D eigenvalue weighted by Crippen LogP contribution is -1.98. The summed E-state index contributed by atoms with van der Waals surface area (Å²) in [5, 5.41) is 0.368. The summed E-state index contributed by atoms with van der Waals surface area (Å²) in [4.78, 5) is 16.5. The van der Waals surface area contributed by atoms with Gasteiger partial charge < -0.3 is 0 Å². The van der Waals surface area contributed by atoms with Gasteiger partial charge in [0.2, 0.25) is 0 Å². The van der Waals surface area contributed by atoms with Crippen molar-refractivity contribution in [2.75, 3.05) is 5.33 Å². The molecule has 0 saturated carbocycles. The number of nitrogens with zero attached hydrogens (tertiary/aromatic N) is 1. The fraction of sp³-hybridized carbons (Fsp3) is 0.0909. The molecule has 1 aromatic heterocycles. The molecular weight excluding hydrogens is 274 g/mol. The maximum absolute atomic E-state index is 11.4. The van der Waals surface area contributed by atoms with Crippen molar-refractivity contribution in [3.05, 3.63) is 41.5 Å². The van der Waals surface area contributed by atoms with Crippen LogP contribution in [0.15, 0.2) is 36.0 Å². The van der Waals surface area contributed by atoms with Gasteiger partial charge in [-0.3, -0.25) is 9.78 Å². The van der Waals surface area contributed by atoms with E-state index >= 15 is 0 Å². The first kappa shape index (κ1) is 10.5. The molecule has 0 N–H and O–H groups in total. The molecule has 2 rings (SSSR count). The summed E-state index contributed by atoms with van der Waals surface area (Å²) in [6.07, 6.45) is 1.83. The van der Waals surface area contributed by atoms with Crippen LogP contribution >= 0.6 is 27.3 Å². The third kappa shape index (κ3) is 2.33. The Balaban J connectivity index is 2.29. The standard InChI is InChI=1S/C11H8BrNOS/c12-5-10(14)8-1-3-9(4-2-8)11-6-13-7-15-11/h1-4,6-7H,5H2. The third-order valence-electron chi connectivity index (χ3n) is 2.05.